The lowest BCUT2D eigenvalue weighted by molar-refractivity contribution is 0.0133. The van der Waals surface area contributed by atoms with Gasteiger partial charge in [-0.3, -0.25) is 0 Å². The number of rotatable bonds is 6. The molecule has 0 aromatic heterocycles. The highest BCUT2D eigenvalue weighted by Crippen LogP contribution is 2.23. The van der Waals surface area contributed by atoms with Gasteiger partial charge in [0.2, 0.25) is 0 Å². The van der Waals surface area contributed by atoms with Crippen molar-refractivity contribution in [2.75, 3.05) is 0 Å². The third-order valence-corrected chi connectivity index (χ3v) is 3.84. The van der Waals surface area contributed by atoms with E-state index in [1.54, 1.807) is 0 Å². The predicted molar refractivity (Wildman–Crippen MR) is 83.5 cm³/mol. The van der Waals surface area contributed by atoms with E-state index < -0.39 is 5.60 Å². The van der Waals surface area contributed by atoms with Gasteiger partial charge in [0.15, 0.2) is 0 Å². The fraction of sp³-hybridized carbons (Fsp3) is 0.333. The van der Waals surface area contributed by atoms with Crippen molar-refractivity contribution in [1.82, 2.24) is 0 Å². The molecule has 2 aromatic carbocycles. The first-order valence-electron chi connectivity index (χ1n) is 7.20. The maximum Gasteiger partial charge on any atom is 0.0877 e. The topological polar surface area (TPSA) is 46.2 Å². The van der Waals surface area contributed by atoms with Crippen molar-refractivity contribution in [3.63, 3.8) is 0 Å². The molecule has 0 aliphatic heterocycles. The van der Waals surface area contributed by atoms with Crippen LogP contribution in [-0.2, 0) is 12.8 Å². The van der Waals surface area contributed by atoms with Gasteiger partial charge in [0.25, 0.3) is 0 Å². The SMILES string of the molecule is CCC(N)C(O)(Cc1ccccc1)Cc1ccccc1. The minimum absolute atomic E-state index is 0.233. The molecule has 0 heterocycles. The lowest BCUT2D eigenvalue weighted by Gasteiger charge is -2.34. The Hall–Kier alpha value is -1.64. The van der Waals surface area contributed by atoms with Gasteiger partial charge in [0.05, 0.1) is 5.60 Å². The number of nitrogens with two attached hydrogens (primary N) is 1. The highest BCUT2D eigenvalue weighted by molar-refractivity contribution is 5.22. The zero-order valence-corrected chi connectivity index (χ0v) is 12.0. The number of hydrogen-bond donors (Lipinski definition) is 2. The van der Waals surface area contributed by atoms with E-state index in [1.165, 1.54) is 0 Å². The van der Waals surface area contributed by atoms with Crippen LogP contribution in [0, 0.1) is 0 Å². The largest absolute Gasteiger partial charge is 0.388 e. The van der Waals surface area contributed by atoms with E-state index in [9.17, 15) is 5.11 Å². The monoisotopic (exact) mass is 269 g/mol. The van der Waals surface area contributed by atoms with E-state index in [-0.39, 0.29) is 6.04 Å². The van der Waals surface area contributed by atoms with Crippen molar-refractivity contribution in [3.8, 4) is 0 Å². The lowest BCUT2D eigenvalue weighted by atomic mass is 9.81. The molecule has 2 rings (SSSR count). The van der Waals surface area contributed by atoms with Crippen LogP contribution >= 0.6 is 0 Å². The van der Waals surface area contributed by atoms with Gasteiger partial charge < -0.3 is 10.8 Å². The third kappa shape index (κ3) is 3.69. The molecule has 0 radical (unpaired) electrons. The minimum atomic E-state index is -0.905. The Morgan fingerprint density at radius 1 is 0.900 bits per heavy atom. The van der Waals surface area contributed by atoms with Gasteiger partial charge in [-0.2, -0.15) is 0 Å². The van der Waals surface area contributed by atoms with Crippen LogP contribution in [0.1, 0.15) is 24.5 Å². The van der Waals surface area contributed by atoms with Crippen LogP contribution < -0.4 is 5.73 Å². The van der Waals surface area contributed by atoms with Crippen molar-refractivity contribution in [2.24, 2.45) is 5.73 Å². The highest BCUT2D eigenvalue weighted by atomic mass is 16.3. The molecule has 1 unspecified atom stereocenters. The van der Waals surface area contributed by atoms with Crippen LogP contribution in [0.15, 0.2) is 60.7 Å². The third-order valence-electron chi connectivity index (χ3n) is 3.84. The van der Waals surface area contributed by atoms with Crippen molar-refractivity contribution in [2.45, 2.75) is 37.8 Å². The molecular weight excluding hydrogens is 246 g/mol. The summed E-state index contributed by atoms with van der Waals surface area (Å²) in [5.41, 5.74) is 7.53. The fourth-order valence-corrected chi connectivity index (χ4v) is 2.60. The molecule has 20 heavy (non-hydrogen) atoms. The van der Waals surface area contributed by atoms with Crippen molar-refractivity contribution in [3.05, 3.63) is 71.8 Å². The summed E-state index contributed by atoms with van der Waals surface area (Å²) in [6.07, 6.45) is 1.92. The zero-order chi connectivity index (χ0) is 14.4. The van der Waals surface area contributed by atoms with Crippen molar-refractivity contribution >= 4 is 0 Å². The molecule has 1 atom stereocenters. The van der Waals surface area contributed by atoms with E-state index in [4.69, 9.17) is 5.73 Å². The van der Waals surface area contributed by atoms with Gasteiger partial charge in [-0.25, -0.2) is 0 Å². The summed E-state index contributed by atoms with van der Waals surface area (Å²) < 4.78 is 0. The maximum absolute atomic E-state index is 11.1. The molecule has 0 saturated heterocycles. The first kappa shape index (κ1) is 14.8. The first-order valence-corrected chi connectivity index (χ1v) is 7.20. The molecule has 106 valence electrons. The van der Waals surface area contributed by atoms with E-state index in [0.29, 0.717) is 12.8 Å². The Labute approximate surface area is 121 Å². The zero-order valence-electron chi connectivity index (χ0n) is 12.0. The normalized spacial score (nSPS) is 13.2. The Morgan fingerprint density at radius 2 is 1.30 bits per heavy atom. The number of benzene rings is 2. The Bertz CT molecular complexity index is 468. The molecule has 2 heteroatoms. The minimum Gasteiger partial charge on any atom is -0.388 e. The average molecular weight is 269 g/mol. The van der Waals surface area contributed by atoms with E-state index >= 15 is 0 Å². The Kier molecular flexibility index (Phi) is 4.94. The van der Waals surface area contributed by atoms with Gasteiger partial charge in [-0.15, -0.1) is 0 Å². The van der Waals surface area contributed by atoms with Crippen LogP contribution in [0.5, 0.6) is 0 Å². The first-order chi connectivity index (χ1) is 9.64. The molecule has 0 spiro atoms. The molecule has 0 saturated carbocycles. The summed E-state index contributed by atoms with van der Waals surface area (Å²) in [5, 5.41) is 11.1. The molecular formula is C18H23NO. The lowest BCUT2D eigenvalue weighted by Crippen LogP contribution is -2.51. The molecule has 0 aliphatic rings. The Balaban J connectivity index is 2.21. The smallest absolute Gasteiger partial charge is 0.0877 e. The quantitative estimate of drug-likeness (QED) is 0.847. The van der Waals surface area contributed by atoms with Crippen LogP contribution in [0.3, 0.4) is 0 Å². The van der Waals surface area contributed by atoms with E-state index in [1.807, 2.05) is 67.6 Å². The van der Waals surface area contributed by atoms with Gasteiger partial charge in [-0.05, 0) is 17.5 Å². The van der Waals surface area contributed by atoms with Crippen LogP contribution in [0.4, 0.5) is 0 Å². The number of hydrogen-bond acceptors (Lipinski definition) is 2. The molecule has 0 bridgehead atoms. The molecule has 2 aromatic rings. The predicted octanol–water partition coefficient (Wildman–Crippen LogP) is 2.94. The maximum atomic E-state index is 11.1. The molecule has 0 aliphatic carbocycles. The summed E-state index contributed by atoms with van der Waals surface area (Å²) in [7, 11) is 0. The fourth-order valence-electron chi connectivity index (χ4n) is 2.60. The van der Waals surface area contributed by atoms with Crippen LogP contribution in [-0.4, -0.2) is 16.7 Å². The summed E-state index contributed by atoms with van der Waals surface area (Å²) in [4.78, 5) is 0. The summed E-state index contributed by atoms with van der Waals surface area (Å²) >= 11 is 0. The summed E-state index contributed by atoms with van der Waals surface area (Å²) in [5.74, 6) is 0. The number of aliphatic hydroxyl groups is 1. The molecule has 0 amide bonds. The second kappa shape index (κ2) is 6.69. The van der Waals surface area contributed by atoms with Gasteiger partial charge in [-0.1, -0.05) is 67.6 Å². The average Bonchev–Trinajstić information content (AvgIpc) is 2.48. The van der Waals surface area contributed by atoms with Crippen LogP contribution in [0.25, 0.3) is 0 Å². The van der Waals surface area contributed by atoms with Crippen molar-refractivity contribution in [1.29, 1.82) is 0 Å². The second-order valence-corrected chi connectivity index (χ2v) is 5.44. The van der Waals surface area contributed by atoms with Gasteiger partial charge >= 0.3 is 0 Å². The summed E-state index contributed by atoms with van der Waals surface area (Å²) in [6.45, 7) is 2.02. The van der Waals surface area contributed by atoms with E-state index in [0.717, 1.165) is 17.5 Å². The molecule has 3 N–H and O–H groups in total. The second-order valence-electron chi connectivity index (χ2n) is 5.44. The molecule has 2 nitrogen and oxygen atoms in total. The molecule has 0 fully saturated rings. The van der Waals surface area contributed by atoms with Crippen LogP contribution in [0.2, 0.25) is 0 Å². The summed E-state index contributed by atoms with van der Waals surface area (Å²) in [6, 6.07) is 19.9. The van der Waals surface area contributed by atoms with Gasteiger partial charge in [0, 0.05) is 18.9 Å². The Morgan fingerprint density at radius 3 is 1.65 bits per heavy atom. The highest BCUT2D eigenvalue weighted by Gasteiger charge is 2.33. The van der Waals surface area contributed by atoms with E-state index in [2.05, 4.69) is 0 Å². The standard InChI is InChI=1S/C18H23NO/c1-2-17(19)18(20,13-15-9-5-3-6-10-15)14-16-11-7-4-8-12-16/h3-12,17,20H,2,13-14,19H2,1H3. The van der Waals surface area contributed by atoms with Crippen molar-refractivity contribution < 1.29 is 5.11 Å². The van der Waals surface area contributed by atoms with Gasteiger partial charge in [0.1, 0.15) is 0 Å².